The lowest BCUT2D eigenvalue weighted by atomic mass is 10.0. The lowest BCUT2D eigenvalue weighted by Gasteiger charge is -2.32. The van der Waals surface area contributed by atoms with E-state index in [0.29, 0.717) is 0 Å². The van der Waals surface area contributed by atoms with Crippen LogP contribution in [0.3, 0.4) is 0 Å². The van der Waals surface area contributed by atoms with Crippen LogP contribution in [-0.4, -0.2) is 48.3 Å². The van der Waals surface area contributed by atoms with Crippen molar-refractivity contribution in [3.63, 3.8) is 0 Å². The molecule has 2 atom stereocenters. The Hall–Kier alpha value is -0.120. The fraction of sp³-hybridized carbons (Fsp3) is 1.00. The van der Waals surface area contributed by atoms with Gasteiger partial charge in [0.25, 0.3) is 0 Å². The summed E-state index contributed by atoms with van der Waals surface area (Å²) in [6.45, 7) is 7.17. The third-order valence-electron chi connectivity index (χ3n) is 4.34. The zero-order valence-electron chi connectivity index (χ0n) is 11.2. The third-order valence-corrected chi connectivity index (χ3v) is 4.34. The lowest BCUT2D eigenvalue weighted by molar-refractivity contribution is 0.173. The van der Waals surface area contributed by atoms with Crippen LogP contribution < -0.4 is 5.32 Å². The van der Waals surface area contributed by atoms with Crippen molar-refractivity contribution in [3.05, 3.63) is 0 Å². The maximum Gasteiger partial charge on any atom is 0.0543 e. The summed E-state index contributed by atoms with van der Waals surface area (Å²) in [5.74, 6) is 0.721. The van der Waals surface area contributed by atoms with Crippen LogP contribution in [0.15, 0.2) is 0 Å². The van der Waals surface area contributed by atoms with Crippen LogP contribution in [0.1, 0.15) is 45.4 Å². The van der Waals surface area contributed by atoms with Crippen molar-refractivity contribution in [1.29, 1.82) is 0 Å². The van der Waals surface area contributed by atoms with E-state index in [9.17, 15) is 5.11 Å². The molecule has 0 aromatic heterocycles. The van der Waals surface area contributed by atoms with E-state index in [1.807, 2.05) is 0 Å². The molecule has 1 aliphatic heterocycles. The molecule has 3 nitrogen and oxygen atoms in total. The first-order valence-corrected chi connectivity index (χ1v) is 7.41. The molecule has 2 aliphatic rings. The second-order valence-corrected chi connectivity index (χ2v) is 5.86. The number of piperidine rings is 1. The fourth-order valence-electron chi connectivity index (χ4n) is 3.24. The zero-order valence-corrected chi connectivity index (χ0v) is 11.2. The Balaban J connectivity index is 1.58. The molecule has 1 saturated heterocycles. The van der Waals surface area contributed by atoms with Crippen molar-refractivity contribution in [2.24, 2.45) is 5.92 Å². The Labute approximate surface area is 106 Å². The van der Waals surface area contributed by atoms with E-state index in [0.717, 1.165) is 31.3 Å². The second kappa shape index (κ2) is 6.72. The molecule has 0 spiro atoms. The molecule has 0 aromatic carbocycles. The van der Waals surface area contributed by atoms with Gasteiger partial charge in [0.2, 0.25) is 0 Å². The maximum atomic E-state index is 9.50. The molecule has 1 saturated carbocycles. The first kappa shape index (κ1) is 13.3. The van der Waals surface area contributed by atoms with Crippen molar-refractivity contribution in [1.82, 2.24) is 10.2 Å². The van der Waals surface area contributed by atoms with Gasteiger partial charge in [-0.25, -0.2) is 0 Å². The van der Waals surface area contributed by atoms with Crippen LogP contribution in [0.2, 0.25) is 0 Å². The Bertz CT molecular complexity index is 214. The Morgan fingerprint density at radius 2 is 1.94 bits per heavy atom. The van der Waals surface area contributed by atoms with E-state index in [1.54, 1.807) is 0 Å². The van der Waals surface area contributed by atoms with Crippen LogP contribution in [0, 0.1) is 5.92 Å². The molecule has 3 heteroatoms. The summed E-state index contributed by atoms with van der Waals surface area (Å²) in [6.07, 6.45) is 7.10. The number of likely N-dealkylation sites (tertiary alicyclic amines) is 1. The summed E-state index contributed by atoms with van der Waals surface area (Å²) >= 11 is 0. The average molecular weight is 240 g/mol. The van der Waals surface area contributed by atoms with Crippen molar-refractivity contribution >= 4 is 0 Å². The molecule has 0 bridgehead atoms. The van der Waals surface area contributed by atoms with E-state index in [2.05, 4.69) is 17.1 Å². The molecular weight excluding hydrogens is 212 g/mol. The number of aliphatic hydroxyl groups is 1. The number of hydrogen-bond acceptors (Lipinski definition) is 3. The summed E-state index contributed by atoms with van der Waals surface area (Å²) in [4.78, 5) is 2.58. The maximum absolute atomic E-state index is 9.50. The normalized spacial score (nSPS) is 32.1. The minimum Gasteiger partial charge on any atom is -0.393 e. The average Bonchev–Trinajstić information content (AvgIpc) is 2.75. The minimum absolute atomic E-state index is 0.0202. The van der Waals surface area contributed by atoms with Crippen LogP contribution in [0.5, 0.6) is 0 Å². The predicted octanol–water partition coefficient (Wildman–Crippen LogP) is 1.61. The largest absolute Gasteiger partial charge is 0.393 e. The number of rotatable bonds is 5. The Kier molecular flexibility index (Phi) is 5.26. The molecule has 2 unspecified atom stereocenters. The zero-order chi connectivity index (χ0) is 12.1. The van der Waals surface area contributed by atoms with Crippen LogP contribution in [0.4, 0.5) is 0 Å². The smallest absolute Gasteiger partial charge is 0.0543 e. The second-order valence-electron chi connectivity index (χ2n) is 5.86. The van der Waals surface area contributed by atoms with Gasteiger partial charge < -0.3 is 15.3 Å². The van der Waals surface area contributed by atoms with Crippen molar-refractivity contribution in [3.8, 4) is 0 Å². The molecule has 1 aliphatic carbocycles. The number of hydrogen-bond donors (Lipinski definition) is 2. The van der Waals surface area contributed by atoms with Crippen molar-refractivity contribution in [2.45, 2.75) is 57.6 Å². The summed E-state index contributed by atoms with van der Waals surface area (Å²) in [7, 11) is 0. The Morgan fingerprint density at radius 1 is 1.18 bits per heavy atom. The lowest BCUT2D eigenvalue weighted by Crippen LogP contribution is -2.43. The molecule has 2 rings (SSSR count). The summed E-state index contributed by atoms with van der Waals surface area (Å²) in [6, 6.07) is 0.723. The van der Waals surface area contributed by atoms with E-state index >= 15 is 0 Å². The molecule has 17 heavy (non-hydrogen) atoms. The molecule has 1 heterocycles. The van der Waals surface area contributed by atoms with Crippen LogP contribution in [-0.2, 0) is 0 Å². The Morgan fingerprint density at radius 3 is 2.53 bits per heavy atom. The van der Waals surface area contributed by atoms with Gasteiger partial charge in [-0.15, -0.1) is 0 Å². The van der Waals surface area contributed by atoms with E-state index in [-0.39, 0.29) is 6.10 Å². The highest BCUT2D eigenvalue weighted by atomic mass is 16.3. The standard InChI is InChI=1S/C14H28N2O/c1-2-7-16-8-5-13(6-9-16)15-11-12-3-4-14(17)10-12/h12-15,17H,2-11H2,1H3. The number of nitrogens with one attached hydrogen (secondary N) is 1. The summed E-state index contributed by atoms with van der Waals surface area (Å²) in [5, 5.41) is 13.2. The SMILES string of the molecule is CCCN1CCC(NCC2CCC(O)C2)CC1. The molecule has 2 fully saturated rings. The number of nitrogens with zero attached hydrogens (tertiary/aromatic N) is 1. The van der Waals surface area contributed by atoms with Crippen molar-refractivity contribution < 1.29 is 5.11 Å². The molecule has 100 valence electrons. The van der Waals surface area contributed by atoms with E-state index in [1.165, 1.54) is 45.3 Å². The van der Waals surface area contributed by atoms with Gasteiger partial charge in [-0.3, -0.25) is 0 Å². The molecule has 0 radical (unpaired) electrons. The summed E-state index contributed by atoms with van der Waals surface area (Å²) in [5.41, 5.74) is 0. The van der Waals surface area contributed by atoms with E-state index in [4.69, 9.17) is 0 Å². The molecule has 2 N–H and O–H groups in total. The molecule has 0 amide bonds. The highest BCUT2D eigenvalue weighted by molar-refractivity contribution is 4.81. The van der Waals surface area contributed by atoms with Crippen LogP contribution >= 0.6 is 0 Å². The van der Waals surface area contributed by atoms with Gasteiger partial charge in [0.15, 0.2) is 0 Å². The molecular formula is C14H28N2O. The predicted molar refractivity (Wildman–Crippen MR) is 71.1 cm³/mol. The van der Waals surface area contributed by atoms with Gasteiger partial charge in [0.1, 0.15) is 0 Å². The first-order chi connectivity index (χ1) is 8.28. The highest BCUT2D eigenvalue weighted by Gasteiger charge is 2.24. The van der Waals surface area contributed by atoms with Gasteiger partial charge >= 0.3 is 0 Å². The summed E-state index contributed by atoms with van der Waals surface area (Å²) < 4.78 is 0. The first-order valence-electron chi connectivity index (χ1n) is 7.41. The number of aliphatic hydroxyl groups excluding tert-OH is 1. The van der Waals surface area contributed by atoms with E-state index < -0.39 is 0 Å². The third kappa shape index (κ3) is 4.23. The van der Waals surface area contributed by atoms with Gasteiger partial charge in [-0.2, -0.15) is 0 Å². The topological polar surface area (TPSA) is 35.5 Å². The van der Waals surface area contributed by atoms with Gasteiger partial charge in [0, 0.05) is 6.04 Å². The molecule has 0 aromatic rings. The van der Waals surface area contributed by atoms with Crippen molar-refractivity contribution in [2.75, 3.05) is 26.2 Å². The van der Waals surface area contributed by atoms with Crippen LogP contribution in [0.25, 0.3) is 0 Å². The van der Waals surface area contributed by atoms with Gasteiger partial charge in [-0.05, 0) is 70.6 Å². The van der Waals surface area contributed by atoms with Gasteiger partial charge in [-0.1, -0.05) is 6.92 Å². The minimum atomic E-state index is -0.0202. The van der Waals surface area contributed by atoms with Gasteiger partial charge in [0.05, 0.1) is 6.10 Å². The quantitative estimate of drug-likeness (QED) is 0.766. The highest BCUT2D eigenvalue weighted by Crippen LogP contribution is 2.25. The monoisotopic (exact) mass is 240 g/mol. The fourth-order valence-corrected chi connectivity index (χ4v) is 3.24.